The van der Waals surface area contributed by atoms with Crippen LogP contribution in [0.15, 0.2) is 18.3 Å². The molecule has 34 heavy (non-hydrogen) atoms. The first kappa shape index (κ1) is 23.5. The summed E-state index contributed by atoms with van der Waals surface area (Å²) < 4.78 is 35.3. The fourth-order valence-corrected chi connectivity index (χ4v) is 3.99. The number of H-pyrrole nitrogens is 1. The Balaban J connectivity index is 1.42. The van der Waals surface area contributed by atoms with Gasteiger partial charge in [-0.25, -0.2) is 19.0 Å². The number of hydrogen-bond donors (Lipinski definition) is 2. The van der Waals surface area contributed by atoms with E-state index in [-0.39, 0.29) is 62.1 Å². The van der Waals surface area contributed by atoms with Crippen LogP contribution in [-0.4, -0.2) is 77.0 Å². The predicted octanol–water partition coefficient (Wildman–Crippen LogP) is 1.17. The molecule has 2 amide bonds. The number of nitrogens with one attached hydrogen (secondary N) is 2. The second kappa shape index (κ2) is 10.1. The number of aromatic amines is 1. The summed E-state index contributed by atoms with van der Waals surface area (Å²) in [4.78, 5) is 38.5. The van der Waals surface area contributed by atoms with E-state index in [9.17, 15) is 14.4 Å². The number of aromatic nitrogens is 3. The van der Waals surface area contributed by atoms with Crippen LogP contribution in [0.25, 0.3) is 0 Å². The topological polar surface area (TPSA) is 124 Å². The summed E-state index contributed by atoms with van der Waals surface area (Å²) in [6.45, 7) is 2.52. The van der Waals surface area contributed by atoms with Crippen molar-refractivity contribution < 1.29 is 27.9 Å². The van der Waals surface area contributed by atoms with Gasteiger partial charge in [-0.15, -0.1) is 0 Å². The van der Waals surface area contributed by atoms with Crippen molar-refractivity contribution in [3.05, 3.63) is 35.7 Å². The average Bonchev–Trinajstić information content (AvgIpc) is 3.35. The highest BCUT2D eigenvalue weighted by Crippen LogP contribution is 2.31. The molecular formula is C21H25F2N7O4. The maximum Gasteiger partial charge on any atom is 0.414 e. The molecule has 1 aromatic carbocycles. The summed E-state index contributed by atoms with van der Waals surface area (Å²) in [6.07, 6.45) is 0.887. The van der Waals surface area contributed by atoms with Crippen molar-refractivity contribution in [3.63, 3.8) is 0 Å². The molecule has 2 N–H and O–H groups in total. The number of amides is 2. The third-order valence-corrected chi connectivity index (χ3v) is 5.70. The van der Waals surface area contributed by atoms with E-state index in [2.05, 4.69) is 20.8 Å². The van der Waals surface area contributed by atoms with Gasteiger partial charge in [0.05, 0.1) is 37.1 Å². The lowest BCUT2D eigenvalue weighted by molar-refractivity contribution is -0.133. The molecule has 0 saturated carbocycles. The van der Waals surface area contributed by atoms with Crippen LogP contribution in [0.5, 0.6) is 0 Å². The van der Waals surface area contributed by atoms with Crippen molar-refractivity contribution in [2.24, 2.45) is 0 Å². The number of Topliss-reactive ketones (excluding diaryl/α,β-unsaturated/α-hetero) is 1. The van der Waals surface area contributed by atoms with E-state index < -0.39 is 23.8 Å². The third kappa shape index (κ3) is 5.30. The number of ether oxygens (including phenoxy) is 1. The van der Waals surface area contributed by atoms with Gasteiger partial charge < -0.3 is 14.4 Å². The summed E-state index contributed by atoms with van der Waals surface area (Å²) >= 11 is 0. The maximum atomic E-state index is 15.0. The standard InChI is InChI=1S/C21H25F2N7O4/c1-13(31)2-3-16-12-29(21(33)34-16)15-9-17(22)20(18(23)10-15)28-5-4-25-30(7-6-28)19(32)8-14-11-24-27-26-14/h9-11,16,25H,2-8,12H2,1H3,(H,24,26,27)/t16-/m0/s1. The lowest BCUT2D eigenvalue weighted by Gasteiger charge is -2.25. The van der Waals surface area contributed by atoms with E-state index in [1.165, 1.54) is 23.0 Å². The number of anilines is 2. The smallest absolute Gasteiger partial charge is 0.414 e. The van der Waals surface area contributed by atoms with Crippen LogP contribution < -0.4 is 15.2 Å². The van der Waals surface area contributed by atoms with E-state index in [1.54, 1.807) is 0 Å². The van der Waals surface area contributed by atoms with E-state index in [4.69, 9.17) is 4.74 Å². The highest BCUT2D eigenvalue weighted by molar-refractivity contribution is 5.90. The van der Waals surface area contributed by atoms with Gasteiger partial charge in [0.15, 0.2) is 11.6 Å². The van der Waals surface area contributed by atoms with Gasteiger partial charge in [0.1, 0.15) is 17.6 Å². The fraction of sp³-hybridized carbons (Fsp3) is 0.476. The number of carbonyl (C=O) groups excluding carboxylic acids is 3. The first-order valence-corrected chi connectivity index (χ1v) is 10.9. The number of hydrogen-bond acceptors (Lipinski definition) is 8. The van der Waals surface area contributed by atoms with Gasteiger partial charge in [0.25, 0.3) is 0 Å². The molecule has 1 atom stereocenters. The Kier molecular flexibility index (Phi) is 7.01. The molecule has 4 rings (SSSR count). The molecule has 2 aromatic rings. The first-order chi connectivity index (χ1) is 16.3. The van der Waals surface area contributed by atoms with Crippen LogP contribution in [0.3, 0.4) is 0 Å². The number of cyclic esters (lactones) is 1. The molecular weight excluding hydrogens is 452 g/mol. The van der Waals surface area contributed by atoms with Gasteiger partial charge in [-0.05, 0) is 13.3 Å². The van der Waals surface area contributed by atoms with Crippen LogP contribution in [0.2, 0.25) is 0 Å². The second-order valence-electron chi connectivity index (χ2n) is 8.19. The van der Waals surface area contributed by atoms with Crippen LogP contribution in [0, 0.1) is 11.6 Å². The summed E-state index contributed by atoms with van der Waals surface area (Å²) in [5, 5.41) is 11.4. The molecule has 13 heteroatoms. The van der Waals surface area contributed by atoms with Crippen LogP contribution in [-0.2, 0) is 20.7 Å². The van der Waals surface area contributed by atoms with Gasteiger partial charge in [0.2, 0.25) is 5.91 Å². The average molecular weight is 477 g/mol. The molecule has 2 aliphatic heterocycles. The van der Waals surface area contributed by atoms with Crippen molar-refractivity contribution in [1.82, 2.24) is 25.8 Å². The molecule has 2 aliphatic rings. The lowest BCUT2D eigenvalue weighted by Crippen LogP contribution is -2.44. The van der Waals surface area contributed by atoms with Crippen molar-refractivity contribution >= 4 is 29.2 Å². The molecule has 0 aliphatic carbocycles. The quantitative estimate of drug-likeness (QED) is 0.609. The fourth-order valence-electron chi connectivity index (χ4n) is 3.99. The third-order valence-electron chi connectivity index (χ3n) is 5.70. The number of benzene rings is 1. The van der Waals surface area contributed by atoms with E-state index in [1.807, 2.05) is 0 Å². The molecule has 3 heterocycles. The summed E-state index contributed by atoms with van der Waals surface area (Å²) in [5.41, 5.74) is 3.28. The zero-order chi connectivity index (χ0) is 24.2. The second-order valence-corrected chi connectivity index (χ2v) is 8.19. The number of rotatable bonds is 7. The summed E-state index contributed by atoms with van der Waals surface area (Å²) in [6, 6.07) is 2.19. The van der Waals surface area contributed by atoms with E-state index in [0.717, 1.165) is 17.0 Å². The van der Waals surface area contributed by atoms with Crippen molar-refractivity contribution in [2.45, 2.75) is 32.3 Å². The van der Waals surface area contributed by atoms with Crippen LogP contribution in [0.4, 0.5) is 25.0 Å². The van der Waals surface area contributed by atoms with Crippen molar-refractivity contribution in [2.75, 3.05) is 42.5 Å². The number of carbonyl (C=O) groups is 3. The van der Waals surface area contributed by atoms with Crippen molar-refractivity contribution in [1.29, 1.82) is 0 Å². The summed E-state index contributed by atoms with van der Waals surface area (Å²) in [5.74, 6) is -1.91. The lowest BCUT2D eigenvalue weighted by atomic mass is 10.1. The zero-order valence-corrected chi connectivity index (χ0v) is 18.6. The largest absolute Gasteiger partial charge is 0.444 e. The zero-order valence-electron chi connectivity index (χ0n) is 18.6. The normalized spacial score (nSPS) is 18.7. The van der Waals surface area contributed by atoms with Gasteiger partial charge in [-0.1, -0.05) is 0 Å². The molecule has 0 unspecified atom stereocenters. The molecule has 0 bridgehead atoms. The predicted molar refractivity (Wildman–Crippen MR) is 116 cm³/mol. The highest BCUT2D eigenvalue weighted by Gasteiger charge is 2.34. The SMILES string of the molecule is CC(=O)CC[C@H]1CN(c2cc(F)c(N3CCNN(C(=O)Cc4cn[nH]n4)CC3)c(F)c2)C(=O)O1. The molecule has 1 aromatic heterocycles. The molecule has 11 nitrogen and oxygen atoms in total. The minimum absolute atomic E-state index is 0.0266. The summed E-state index contributed by atoms with van der Waals surface area (Å²) in [7, 11) is 0. The number of nitrogens with zero attached hydrogens (tertiary/aromatic N) is 5. The van der Waals surface area contributed by atoms with Gasteiger partial charge in [0, 0.05) is 38.2 Å². The Bertz CT molecular complexity index is 1040. The van der Waals surface area contributed by atoms with Crippen molar-refractivity contribution in [3.8, 4) is 0 Å². The Morgan fingerprint density at radius 2 is 1.97 bits per heavy atom. The highest BCUT2D eigenvalue weighted by atomic mass is 19.1. The number of halogens is 2. The Morgan fingerprint density at radius 1 is 1.21 bits per heavy atom. The van der Waals surface area contributed by atoms with E-state index >= 15 is 8.78 Å². The van der Waals surface area contributed by atoms with Gasteiger partial charge >= 0.3 is 6.09 Å². The molecule has 2 fully saturated rings. The number of ketones is 1. The molecule has 2 saturated heterocycles. The minimum Gasteiger partial charge on any atom is -0.444 e. The van der Waals surface area contributed by atoms with E-state index in [0.29, 0.717) is 18.7 Å². The van der Waals surface area contributed by atoms with Gasteiger partial charge in [-0.3, -0.25) is 14.7 Å². The molecule has 0 spiro atoms. The molecule has 0 radical (unpaired) electrons. The Labute approximate surface area is 194 Å². The Morgan fingerprint density at radius 3 is 2.65 bits per heavy atom. The minimum atomic E-state index is -0.822. The van der Waals surface area contributed by atoms with Crippen LogP contribution >= 0.6 is 0 Å². The number of hydrazine groups is 1. The molecule has 182 valence electrons. The van der Waals surface area contributed by atoms with Gasteiger partial charge in [-0.2, -0.15) is 15.4 Å². The Hall–Kier alpha value is -3.61. The first-order valence-electron chi connectivity index (χ1n) is 10.9. The van der Waals surface area contributed by atoms with Crippen LogP contribution in [0.1, 0.15) is 25.5 Å². The maximum absolute atomic E-state index is 15.0. The monoisotopic (exact) mass is 477 g/mol.